The van der Waals surface area contributed by atoms with E-state index in [-0.39, 0.29) is 11.5 Å². The summed E-state index contributed by atoms with van der Waals surface area (Å²) >= 11 is 6.42. The molecule has 2 unspecified atom stereocenters. The summed E-state index contributed by atoms with van der Waals surface area (Å²) in [7, 11) is 1.72. The minimum Gasteiger partial charge on any atom is -0.384 e. The van der Waals surface area contributed by atoms with Gasteiger partial charge in [0.25, 0.3) is 0 Å². The first-order valence-corrected chi connectivity index (χ1v) is 6.58. The maximum Gasteiger partial charge on any atom is 0.0847 e. The van der Waals surface area contributed by atoms with Crippen molar-refractivity contribution < 1.29 is 9.47 Å². The van der Waals surface area contributed by atoms with Crippen molar-refractivity contribution in [2.75, 3.05) is 20.3 Å². The molecule has 1 aliphatic rings. The molecular formula is C14H19ClO2. The van der Waals surface area contributed by atoms with Gasteiger partial charge >= 0.3 is 0 Å². The molecular weight excluding hydrogens is 236 g/mol. The first-order valence-electron chi connectivity index (χ1n) is 6.14. The summed E-state index contributed by atoms with van der Waals surface area (Å²) in [5.41, 5.74) is 2.44. The van der Waals surface area contributed by atoms with Gasteiger partial charge in [0.1, 0.15) is 0 Å². The van der Waals surface area contributed by atoms with Gasteiger partial charge in [-0.15, -0.1) is 11.6 Å². The molecule has 0 aliphatic carbocycles. The third kappa shape index (κ3) is 3.44. The van der Waals surface area contributed by atoms with Gasteiger partial charge in [-0.05, 0) is 30.4 Å². The van der Waals surface area contributed by atoms with E-state index < -0.39 is 0 Å². The Hall–Kier alpha value is -0.570. The molecule has 0 spiro atoms. The second-order valence-corrected chi connectivity index (χ2v) is 4.91. The highest BCUT2D eigenvalue weighted by Gasteiger charge is 2.25. The number of benzene rings is 1. The highest BCUT2D eigenvalue weighted by atomic mass is 35.5. The Morgan fingerprint density at radius 2 is 2.18 bits per heavy atom. The van der Waals surface area contributed by atoms with Crippen molar-refractivity contribution in [1.29, 1.82) is 0 Å². The summed E-state index contributed by atoms with van der Waals surface area (Å²) in [5.74, 6) is 0. The molecule has 1 aromatic rings. The number of halogens is 1. The Morgan fingerprint density at radius 1 is 1.41 bits per heavy atom. The minimum absolute atomic E-state index is 0.0195. The van der Waals surface area contributed by atoms with Crippen LogP contribution in [0.5, 0.6) is 0 Å². The highest BCUT2D eigenvalue weighted by Crippen LogP contribution is 2.32. The fraction of sp³-hybridized carbons (Fsp3) is 0.571. The molecule has 0 bridgehead atoms. The summed E-state index contributed by atoms with van der Waals surface area (Å²) in [6.45, 7) is 1.61. The van der Waals surface area contributed by atoms with Gasteiger partial charge in [0.15, 0.2) is 0 Å². The van der Waals surface area contributed by atoms with Crippen molar-refractivity contribution in [3.8, 4) is 0 Å². The van der Waals surface area contributed by atoms with E-state index in [4.69, 9.17) is 21.1 Å². The molecule has 1 aliphatic heterocycles. The molecule has 0 radical (unpaired) electrons. The number of methoxy groups -OCH3 is 1. The molecule has 1 fully saturated rings. The largest absolute Gasteiger partial charge is 0.384 e. The van der Waals surface area contributed by atoms with Gasteiger partial charge < -0.3 is 9.47 Å². The van der Waals surface area contributed by atoms with Crippen LogP contribution in [0.2, 0.25) is 0 Å². The molecule has 2 rings (SSSR count). The van der Waals surface area contributed by atoms with Crippen LogP contribution in [0.4, 0.5) is 0 Å². The van der Waals surface area contributed by atoms with Gasteiger partial charge in [-0.3, -0.25) is 0 Å². The van der Waals surface area contributed by atoms with Crippen LogP contribution in [0.1, 0.15) is 29.3 Å². The Morgan fingerprint density at radius 3 is 2.76 bits per heavy atom. The summed E-state index contributed by atoms with van der Waals surface area (Å²) < 4.78 is 10.7. The lowest BCUT2D eigenvalue weighted by molar-refractivity contribution is 0.107. The van der Waals surface area contributed by atoms with Crippen LogP contribution in [-0.2, 0) is 15.9 Å². The quantitative estimate of drug-likeness (QED) is 0.751. The van der Waals surface area contributed by atoms with E-state index in [1.165, 1.54) is 5.56 Å². The fourth-order valence-electron chi connectivity index (χ4n) is 2.14. The Bertz CT molecular complexity index is 331. The molecule has 1 saturated heterocycles. The number of rotatable bonds is 5. The topological polar surface area (TPSA) is 18.5 Å². The first-order chi connectivity index (χ1) is 8.31. The van der Waals surface area contributed by atoms with Gasteiger partial charge in [-0.2, -0.15) is 0 Å². The second-order valence-electron chi connectivity index (χ2n) is 4.44. The molecule has 94 valence electrons. The van der Waals surface area contributed by atoms with E-state index in [0.717, 1.165) is 38.0 Å². The summed E-state index contributed by atoms with van der Waals surface area (Å²) in [4.78, 5) is 0. The van der Waals surface area contributed by atoms with E-state index in [0.29, 0.717) is 0 Å². The van der Waals surface area contributed by atoms with Crippen LogP contribution in [0, 0.1) is 0 Å². The van der Waals surface area contributed by atoms with Crippen LogP contribution in [-0.4, -0.2) is 26.4 Å². The van der Waals surface area contributed by atoms with Crippen molar-refractivity contribution in [2.45, 2.75) is 30.7 Å². The summed E-state index contributed by atoms with van der Waals surface area (Å²) in [5, 5.41) is -0.0195. The smallest absolute Gasteiger partial charge is 0.0847 e. The summed E-state index contributed by atoms with van der Waals surface area (Å²) in [6, 6.07) is 8.45. The molecule has 2 atom stereocenters. The van der Waals surface area contributed by atoms with Crippen molar-refractivity contribution in [1.82, 2.24) is 0 Å². The Balaban J connectivity index is 1.96. The normalized spacial score (nSPS) is 21.6. The van der Waals surface area contributed by atoms with Gasteiger partial charge in [0, 0.05) is 13.7 Å². The number of hydrogen-bond donors (Lipinski definition) is 0. The van der Waals surface area contributed by atoms with Crippen molar-refractivity contribution in [3.63, 3.8) is 0 Å². The van der Waals surface area contributed by atoms with Crippen LogP contribution >= 0.6 is 11.6 Å². The lowest BCUT2D eigenvalue weighted by Gasteiger charge is -2.17. The van der Waals surface area contributed by atoms with E-state index >= 15 is 0 Å². The lowest BCUT2D eigenvalue weighted by Crippen LogP contribution is -2.12. The third-order valence-electron chi connectivity index (χ3n) is 3.18. The zero-order valence-electron chi connectivity index (χ0n) is 10.2. The predicted octanol–water partition coefficient (Wildman–Crippen LogP) is 3.33. The fourth-order valence-corrected chi connectivity index (χ4v) is 2.48. The molecule has 1 aromatic carbocycles. The van der Waals surface area contributed by atoms with Crippen LogP contribution in [0.15, 0.2) is 24.3 Å². The highest BCUT2D eigenvalue weighted by molar-refractivity contribution is 6.21. The summed E-state index contributed by atoms with van der Waals surface area (Å²) in [6.07, 6.45) is 3.32. The maximum atomic E-state index is 6.42. The average molecular weight is 255 g/mol. The monoisotopic (exact) mass is 254 g/mol. The molecule has 0 aromatic heterocycles. The molecule has 1 heterocycles. The van der Waals surface area contributed by atoms with E-state index in [1.807, 2.05) is 0 Å². The van der Waals surface area contributed by atoms with Crippen molar-refractivity contribution in [3.05, 3.63) is 35.4 Å². The lowest BCUT2D eigenvalue weighted by atomic mass is 10.0. The first kappa shape index (κ1) is 12.9. The third-order valence-corrected chi connectivity index (χ3v) is 3.72. The number of alkyl halides is 1. The zero-order valence-corrected chi connectivity index (χ0v) is 11.0. The molecule has 17 heavy (non-hydrogen) atoms. The van der Waals surface area contributed by atoms with Gasteiger partial charge in [-0.25, -0.2) is 0 Å². The van der Waals surface area contributed by atoms with Crippen LogP contribution in [0.25, 0.3) is 0 Å². The molecule has 3 heteroatoms. The molecule has 0 saturated carbocycles. The number of ether oxygens (including phenoxy) is 2. The van der Waals surface area contributed by atoms with Gasteiger partial charge in [0.05, 0.1) is 18.1 Å². The van der Waals surface area contributed by atoms with Gasteiger partial charge in [0.2, 0.25) is 0 Å². The average Bonchev–Trinajstić information content (AvgIpc) is 2.90. The predicted molar refractivity (Wildman–Crippen MR) is 69.6 cm³/mol. The van der Waals surface area contributed by atoms with Crippen molar-refractivity contribution >= 4 is 11.6 Å². The zero-order chi connectivity index (χ0) is 12.1. The standard InChI is InChI=1S/C14H19ClO2/c1-16-10-8-11-4-6-12(7-5-11)14(15)13-3-2-9-17-13/h4-7,13-14H,2-3,8-10H2,1H3. The maximum absolute atomic E-state index is 6.42. The van der Waals surface area contributed by atoms with Crippen LogP contribution < -0.4 is 0 Å². The van der Waals surface area contributed by atoms with Crippen molar-refractivity contribution in [2.24, 2.45) is 0 Å². The SMILES string of the molecule is COCCc1ccc(C(Cl)C2CCCO2)cc1. The Kier molecular flexibility index (Phi) is 4.84. The molecule has 2 nitrogen and oxygen atoms in total. The van der Waals surface area contributed by atoms with Crippen LogP contribution in [0.3, 0.4) is 0 Å². The van der Waals surface area contributed by atoms with E-state index in [1.54, 1.807) is 7.11 Å². The second kappa shape index (κ2) is 6.39. The molecule has 0 N–H and O–H groups in total. The van der Waals surface area contributed by atoms with Gasteiger partial charge in [-0.1, -0.05) is 24.3 Å². The number of hydrogen-bond acceptors (Lipinski definition) is 2. The van der Waals surface area contributed by atoms with E-state index in [9.17, 15) is 0 Å². The molecule has 0 amide bonds. The minimum atomic E-state index is -0.0195. The Labute approximate surface area is 108 Å². The van der Waals surface area contributed by atoms with E-state index in [2.05, 4.69) is 24.3 Å².